The second kappa shape index (κ2) is 9.26. The van der Waals surface area contributed by atoms with Crippen LogP contribution >= 0.6 is 0 Å². The minimum atomic E-state index is -1.23. The summed E-state index contributed by atoms with van der Waals surface area (Å²) < 4.78 is 0. The second-order valence-corrected chi connectivity index (χ2v) is 11.1. The van der Waals surface area contributed by atoms with E-state index in [-0.39, 0.29) is 11.2 Å². The van der Waals surface area contributed by atoms with Crippen molar-refractivity contribution in [3.8, 4) is 0 Å². The molecule has 3 saturated carbocycles. The molecule has 0 aromatic carbocycles. The predicted molar refractivity (Wildman–Crippen MR) is 120 cm³/mol. The Bertz CT molecular complexity index is 674. The molecule has 3 N–H and O–H groups in total. The lowest BCUT2D eigenvalue weighted by molar-refractivity contribution is -0.134. The first-order valence-corrected chi connectivity index (χ1v) is 12.0. The van der Waals surface area contributed by atoms with Crippen molar-refractivity contribution < 1.29 is 20.1 Å². The van der Waals surface area contributed by atoms with Gasteiger partial charge in [0.15, 0.2) is 5.78 Å². The molecule has 1 unspecified atom stereocenters. The van der Waals surface area contributed by atoms with Gasteiger partial charge in [-0.3, -0.25) is 4.79 Å². The van der Waals surface area contributed by atoms with E-state index in [2.05, 4.69) is 26.0 Å². The normalized spacial score (nSPS) is 37.2. The average Bonchev–Trinajstić information content (AvgIpc) is 3.00. The number of carbonyl (C=O) groups is 1. The molecule has 0 bridgehead atoms. The topological polar surface area (TPSA) is 77.8 Å². The van der Waals surface area contributed by atoms with E-state index in [9.17, 15) is 20.1 Å². The molecule has 0 saturated heterocycles. The quantitative estimate of drug-likeness (QED) is 0.583. The maximum absolute atomic E-state index is 12.2. The maximum Gasteiger partial charge on any atom is 0.163 e. The van der Waals surface area contributed by atoms with Crippen LogP contribution in [0.2, 0.25) is 0 Å². The van der Waals surface area contributed by atoms with Gasteiger partial charge in [-0.2, -0.15) is 0 Å². The third-order valence-electron chi connectivity index (χ3n) is 8.31. The van der Waals surface area contributed by atoms with Gasteiger partial charge in [0, 0.05) is 6.42 Å². The Morgan fingerprint density at radius 3 is 2.50 bits per heavy atom. The van der Waals surface area contributed by atoms with Gasteiger partial charge in [-0.1, -0.05) is 37.1 Å². The number of ketones is 1. The van der Waals surface area contributed by atoms with E-state index in [0.717, 1.165) is 18.4 Å². The van der Waals surface area contributed by atoms with Crippen LogP contribution in [0.15, 0.2) is 23.3 Å². The molecular weight excluding hydrogens is 376 g/mol. The lowest BCUT2D eigenvalue weighted by Gasteiger charge is -2.44. The van der Waals surface area contributed by atoms with Crippen LogP contribution in [0, 0.1) is 23.2 Å². The number of aliphatic hydroxyl groups is 3. The number of Topliss-reactive ketones (excluding diaryl/α,β-unsaturated/α-hetero) is 1. The highest BCUT2D eigenvalue weighted by Gasteiger charge is 2.50. The number of hydrogen-bond donors (Lipinski definition) is 3. The summed E-state index contributed by atoms with van der Waals surface area (Å²) in [5.74, 6) is 1.64. The Kier molecular flexibility index (Phi) is 7.31. The van der Waals surface area contributed by atoms with Crippen molar-refractivity contribution in [3.05, 3.63) is 23.3 Å². The molecule has 3 rings (SSSR count). The van der Waals surface area contributed by atoms with Crippen molar-refractivity contribution in [2.24, 2.45) is 23.2 Å². The van der Waals surface area contributed by atoms with E-state index in [1.807, 2.05) is 0 Å². The van der Waals surface area contributed by atoms with Gasteiger partial charge < -0.3 is 15.3 Å². The molecule has 3 aliphatic carbocycles. The summed E-state index contributed by atoms with van der Waals surface area (Å²) in [6, 6.07) is 0. The lowest BCUT2D eigenvalue weighted by Crippen LogP contribution is -2.36. The van der Waals surface area contributed by atoms with Crippen molar-refractivity contribution in [3.63, 3.8) is 0 Å². The molecule has 4 heteroatoms. The molecule has 0 amide bonds. The minimum absolute atomic E-state index is 0.0539. The highest BCUT2D eigenvalue weighted by Crippen LogP contribution is 2.59. The Labute approximate surface area is 182 Å². The van der Waals surface area contributed by atoms with Crippen LogP contribution in [-0.2, 0) is 4.79 Å². The first kappa shape index (κ1) is 23.7. The Balaban J connectivity index is 1.68. The van der Waals surface area contributed by atoms with E-state index < -0.39 is 17.8 Å². The zero-order valence-electron chi connectivity index (χ0n) is 19.4. The molecule has 4 nitrogen and oxygen atoms in total. The van der Waals surface area contributed by atoms with Gasteiger partial charge in [-0.05, 0) is 94.8 Å². The molecule has 6 atom stereocenters. The van der Waals surface area contributed by atoms with Crippen LogP contribution in [0.4, 0.5) is 0 Å². The summed E-state index contributed by atoms with van der Waals surface area (Å²) in [4.78, 5) is 12.2. The van der Waals surface area contributed by atoms with E-state index in [1.54, 1.807) is 13.8 Å². The fourth-order valence-corrected chi connectivity index (χ4v) is 6.61. The van der Waals surface area contributed by atoms with Crippen molar-refractivity contribution in [1.82, 2.24) is 0 Å². The number of carbonyl (C=O) groups excluding carboxylic acids is 1. The van der Waals surface area contributed by atoms with Gasteiger partial charge >= 0.3 is 0 Å². The van der Waals surface area contributed by atoms with Gasteiger partial charge in [-0.25, -0.2) is 0 Å². The Morgan fingerprint density at radius 2 is 1.87 bits per heavy atom. The van der Waals surface area contributed by atoms with Gasteiger partial charge in [0.2, 0.25) is 0 Å². The molecule has 0 spiro atoms. The van der Waals surface area contributed by atoms with Crippen LogP contribution in [0.3, 0.4) is 0 Å². The highest BCUT2D eigenvalue weighted by atomic mass is 16.3. The molecule has 170 valence electrons. The van der Waals surface area contributed by atoms with Gasteiger partial charge in [-0.15, -0.1) is 0 Å². The van der Waals surface area contributed by atoms with Crippen LogP contribution in [0.5, 0.6) is 0 Å². The average molecular weight is 419 g/mol. The van der Waals surface area contributed by atoms with Crippen LogP contribution in [-0.4, -0.2) is 38.9 Å². The van der Waals surface area contributed by atoms with Gasteiger partial charge in [0.05, 0.1) is 12.2 Å². The van der Waals surface area contributed by atoms with E-state index >= 15 is 0 Å². The van der Waals surface area contributed by atoms with Crippen molar-refractivity contribution in [2.75, 3.05) is 0 Å². The molecule has 0 heterocycles. The zero-order chi connectivity index (χ0) is 22.1. The Hall–Kier alpha value is -0.970. The van der Waals surface area contributed by atoms with Crippen LogP contribution in [0.25, 0.3) is 0 Å². The number of aliphatic hydroxyl groups excluding tert-OH is 2. The molecule has 0 radical (unpaired) electrons. The number of hydrogen-bond acceptors (Lipinski definition) is 4. The molecule has 30 heavy (non-hydrogen) atoms. The number of fused-ring (bicyclic) bond motifs is 1. The smallest absolute Gasteiger partial charge is 0.163 e. The molecule has 0 aromatic heterocycles. The highest BCUT2D eigenvalue weighted by molar-refractivity contribution is 5.86. The molecular formula is C26H42O4. The summed E-state index contributed by atoms with van der Waals surface area (Å²) in [7, 11) is 0. The van der Waals surface area contributed by atoms with Crippen molar-refractivity contribution in [2.45, 2.75) is 110 Å². The maximum atomic E-state index is 12.2. The first-order chi connectivity index (χ1) is 14.0. The first-order valence-electron chi connectivity index (χ1n) is 12.0. The minimum Gasteiger partial charge on any atom is -0.393 e. The number of allylic oxidation sites excluding steroid dienone is 3. The molecule has 0 aromatic rings. The predicted octanol–water partition coefficient (Wildman–Crippen LogP) is 4.72. The van der Waals surface area contributed by atoms with E-state index in [0.29, 0.717) is 43.4 Å². The van der Waals surface area contributed by atoms with Crippen molar-refractivity contribution in [1.29, 1.82) is 0 Å². The molecule has 3 fully saturated rings. The standard InChI is InChI=1S/C26H42O4/c1-17(7-12-24(29)25(2,3)30)22-10-11-23-19(6-5-13-26(22,23)4)9-8-18-14-20(27)16-21(28)15-18/h8-9,17,20-23,27-28,30H,5-7,10-16H2,1-4H3/t17-,20+,21+,22+,23?,26+/m0/s1. The van der Waals surface area contributed by atoms with Crippen LogP contribution < -0.4 is 0 Å². The summed E-state index contributed by atoms with van der Waals surface area (Å²) in [5.41, 5.74) is 1.75. The number of rotatable bonds is 6. The van der Waals surface area contributed by atoms with E-state index in [4.69, 9.17) is 0 Å². The van der Waals surface area contributed by atoms with Crippen molar-refractivity contribution >= 4 is 5.78 Å². The summed E-state index contributed by atoms with van der Waals surface area (Å²) in [5, 5.41) is 29.8. The third kappa shape index (κ3) is 5.26. The van der Waals surface area contributed by atoms with Gasteiger partial charge in [0.1, 0.15) is 5.60 Å². The monoisotopic (exact) mass is 418 g/mol. The fraction of sp³-hybridized carbons (Fsp3) is 0.808. The second-order valence-electron chi connectivity index (χ2n) is 11.1. The van der Waals surface area contributed by atoms with E-state index in [1.165, 1.54) is 31.3 Å². The molecule has 0 aliphatic heterocycles. The fourth-order valence-electron chi connectivity index (χ4n) is 6.61. The summed E-state index contributed by atoms with van der Waals surface area (Å²) in [6.07, 6.45) is 12.8. The van der Waals surface area contributed by atoms with Gasteiger partial charge in [0.25, 0.3) is 0 Å². The molecule has 3 aliphatic rings. The lowest BCUT2D eigenvalue weighted by atomic mass is 9.60. The zero-order valence-corrected chi connectivity index (χ0v) is 19.4. The SMILES string of the molecule is C[C@@H](CCC(=O)C(C)(C)O)[C@H]1CCC2C(=CC=C3C[C@@H](O)C[C@H](O)C3)CCC[C@@]21C. The third-order valence-corrected chi connectivity index (χ3v) is 8.31. The Morgan fingerprint density at radius 1 is 1.20 bits per heavy atom. The van der Waals surface area contributed by atoms with Crippen LogP contribution in [0.1, 0.15) is 91.9 Å². The summed E-state index contributed by atoms with van der Waals surface area (Å²) in [6.45, 7) is 7.92. The summed E-state index contributed by atoms with van der Waals surface area (Å²) >= 11 is 0. The largest absolute Gasteiger partial charge is 0.393 e.